The van der Waals surface area contributed by atoms with Crippen LogP contribution in [0.5, 0.6) is 0 Å². The van der Waals surface area contributed by atoms with Gasteiger partial charge < -0.3 is 15.2 Å². The number of aromatic amines is 1. The van der Waals surface area contributed by atoms with Gasteiger partial charge in [-0.25, -0.2) is 4.98 Å². The maximum absolute atomic E-state index is 11.9. The van der Waals surface area contributed by atoms with E-state index in [1.165, 1.54) is 0 Å². The minimum Gasteiger partial charge on any atom is -0.374 e. The van der Waals surface area contributed by atoms with Gasteiger partial charge in [-0.1, -0.05) is 30.3 Å². The van der Waals surface area contributed by atoms with E-state index < -0.39 is 0 Å². The first-order valence-electron chi connectivity index (χ1n) is 8.20. The zero-order chi connectivity index (χ0) is 17.2. The molecule has 0 spiro atoms. The molecule has 2 aromatic heterocycles. The number of nitrogens with one attached hydrogen (secondary N) is 1. The number of imidazole rings is 1. The largest absolute Gasteiger partial charge is 0.374 e. The first-order valence-corrected chi connectivity index (χ1v) is 8.20. The van der Waals surface area contributed by atoms with Gasteiger partial charge in [0, 0.05) is 0 Å². The summed E-state index contributed by atoms with van der Waals surface area (Å²) in [7, 11) is 0. The molecule has 25 heavy (non-hydrogen) atoms. The number of ether oxygens (including phenoxy) is 2. The maximum Gasteiger partial charge on any atom is 0.280 e. The molecule has 1 aromatic carbocycles. The number of hydrogen-bond donors (Lipinski definition) is 2. The van der Waals surface area contributed by atoms with Crippen molar-refractivity contribution in [2.75, 3.05) is 12.3 Å². The molecule has 8 heteroatoms. The Labute approximate surface area is 143 Å². The van der Waals surface area contributed by atoms with E-state index in [-0.39, 0.29) is 29.4 Å². The van der Waals surface area contributed by atoms with Gasteiger partial charge in [0.25, 0.3) is 5.56 Å². The Bertz CT molecular complexity index is 921. The third kappa shape index (κ3) is 3.26. The summed E-state index contributed by atoms with van der Waals surface area (Å²) in [6.07, 6.45) is 3.04. The second-order valence-electron chi connectivity index (χ2n) is 6.07. The lowest BCUT2D eigenvalue weighted by Gasteiger charge is -2.15. The van der Waals surface area contributed by atoms with Gasteiger partial charge in [-0.05, 0) is 18.4 Å². The predicted molar refractivity (Wildman–Crippen MR) is 91.8 cm³/mol. The molecular weight excluding hydrogens is 322 g/mol. The van der Waals surface area contributed by atoms with E-state index in [0.29, 0.717) is 18.9 Å². The highest BCUT2D eigenvalue weighted by Crippen LogP contribution is 2.30. The van der Waals surface area contributed by atoms with Crippen molar-refractivity contribution in [3.63, 3.8) is 0 Å². The number of anilines is 1. The van der Waals surface area contributed by atoms with Crippen LogP contribution < -0.4 is 11.3 Å². The third-order valence-electron chi connectivity index (χ3n) is 4.26. The summed E-state index contributed by atoms with van der Waals surface area (Å²) < 4.78 is 13.6. The summed E-state index contributed by atoms with van der Waals surface area (Å²) in [6.45, 7) is 1.08. The molecular formula is C17H19N5O3. The summed E-state index contributed by atoms with van der Waals surface area (Å²) in [5.41, 5.74) is 7.13. The molecule has 2 unspecified atom stereocenters. The zero-order valence-corrected chi connectivity index (χ0v) is 13.6. The minimum absolute atomic E-state index is 0.00510. The molecule has 0 radical (unpaired) electrons. The number of nitrogens with two attached hydrogens (primary N) is 1. The Balaban J connectivity index is 1.40. The summed E-state index contributed by atoms with van der Waals surface area (Å²) in [5, 5.41) is 0. The van der Waals surface area contributed by atoms with Crippen LogP contribution in [0, 0.1) is 0 Å². The van der Waals surface area contributed by atoms with Crippen LogP contribution in [0.25, 0.3) is 11.2 Å². The SMILES string of the molecule is Nc1nc2c(ncn2C2CCC(COCc3ccccc3)O2)c(=O)[nH]1. The Morgan fingerprint density at radius 2 is 2.16 bits per heavy atom. The van der Waals surface area contributed by atoms with Gasteiger partial charge in [0.1, 0.15) is 6.23 Å². The molecule has 130 valence electrons. The minimum atomic E-state index is -0.345. The Kier molecular flexibility index (Phi) is 4.21. The molecule has 1 aliphatic heterocycles. The standard InChI is InChI=1S/C17H19N5O3/c18-17-20-15-14(16(23)21-17)19-10-22(15)13-7-6-12(25-13)9-24-8-11-4-2-1-3-5-11/h1-5,10,12-13H,6-9H2,(H3,18,20,21,23). The Morgan fingerprint density at radius 3 is 3.00 bits per heavy atom. The summed E-state index contributed by atoms with van der Waals surface area (Å²) in [5.74, 6) is 0.0694. The van der Waals surface area contributed by atoms with Crippen LogP contribution in [0.4, 0.5) is 5.95 Å². The lowest BCUT2D eigenvalue weighted by Crippen LogP contribution is -2.17. The lowest BCUT2D eigenvalue weighted by atomic mass is 10.2. The highest BCUT2D eigenvalue weighted by Gasteiger charge is 2.28. The molecule has 3 heterocycles. The van der Waals surface area contributed by atoms with Crippen molar-refractivity contribution in [3.05, 3.63) is 52.6 Å². The van der Waals surface area contributed by atoms with Gasteiger partial charge in [-0.2, -0.15) is 4.98 Å². The van der Waals surface area contributed by atoms with Gasteiger partial charge in [-0.3, -0.25) is 14.3 Å². The number of nitrogen functional groups attached to an aromatic ring is 1. The average Bonchev–Trinajstić information content (AvgIpc) is 3.22. The Morgan fingerprint density at radius 1 is 1.32 bits per heavy atom. The highest BCUT2D eigenvalue weighted by molar-refractivity contribution is 5.70. The van der Waals surface area contributed by atoms with Crippen molar-refractivity contribution in [3.8, 4) is 0 Å². The topological polar surface area (TPSA) is 108 Å². The second kappa shape index (κ2) is 6.66. The van der Waals surface area contributed by atoms with Gasteiger partial charge in [-0.15, -0.1) is 0 Å². The van der Waals surface area contributed by atoms with Crippen molar-refractivity contribution in [1.82, 2.24) is 19.5 Å². The summed E-state index contributed by atoms with van der Waals surface area (Å²) in [6, 6.07) is 10.0. The van der Waals surface area contributed by atoms with Crippen LogP contribution in [-0.4, -0.2) is 32.2 Å². The average molecular weight is 341 g/mol. The van der Waals surface area contributed by atoms with Crippen LogP contribution in [0.3, 0.4) is 0 Å². The molecule has 0 bridgehead atoms. The highest BCUT2D eigenvalue weighted by atomic mass is 16.5. The number of aromatic nitrogens is 4. The van der Waals surface area contributed by atoms with E-state index in [4.69, 9.17) is 15.2 Å². The molecule has 1 fully saturated rings. The number of nitrogens with zero attached hydrogens (tertiary/aromatic N) is 3. The summed E-state index contributed by atoms with van der Waals surface area (Å²) in [4.78, 5) is 22.6. The molecule has 8 nitrogen and oxygen atoms in total. The van der Waals surface area contributed by atoms with E-state index in [1.54, 1.807) is 10.9 Å². The van der Waals surface area contributed by atoms with Crippen LogP contribution in [0.2, 0.25) is 0 Å². The lowest BCUT2D eigenvalue weighted by molar-refractivity contribution is -0.0433. The predicted octanol–water partition coefficient (Wildman–Crippen LogP) is 1.60. The molecule has 0 amide bonds. The first kappa shape index (κ1) is 15.8. The monoisotopic (exact) mass is 341 g/mol. The van der Waals surface area contributed by atoms with Crippen LogP contribution in [-0.2, 0) is 16.1 Å². The summed E-state index contributed by atoms with van der Waals surface area (Å²) >= 11 is 0. The second-order valence-corrected chi connectivity index (χ2v) is 6.07. The molecule has 3 N–H and O–H groups in total. The van der Waals surface area contributed by atoms with Crippen molar-refractivity contribution >= 4 is 17.1 Å². The van der Waals surface area contributed by atoms with Crippen molar-refractivity contribution in [2.24, 2.45) is 0 Å². The molecule has 4 rings (SSSR count). The zero-order valence-electron chi connectivity index (χ0n) is 13.6. The molecule has 0 saturated carbocycles. The van der Waals surface area contributed by atoms with Gasteiger partial charge in [0.2, 0.25) is 5.95 Å². The number of H-pyrrole nitrogens is 1. The number of benzene rings is 1. The normalized spacial score (nSPS) is 20.3. The van der Waals surface area contributed by atoms with E-state index in [1.807, 2.05) is 30.3 Å². The fourth-order valence-corrected chi connectivity index (χ4v) is 3.05. The molecule has 1 saturated heterocycles. The number of fused-ring (bicyclic) bond motifs is 1. The van der Waals surface area contributed by atoms with Crippen molar-refractivity contribution in [1.29, 1.82) is 0 Å². The maximum atomic E-state index is 11.9. The van der Waals surface area contributed by atoms with E-state index >= 15 is 0 Å². The molecule has 0 aliphatic carbocycles. The third-order valence-corrected chi connectivity index (χ3v) is 4.26. The molecule has 2 atom stereocenters. The fourth-order valence-electron chi connectivity index (χ4n) is 3.05. The quantitative estimate of drug-likeness (QED) is 0.730. The fraction of sp³-hybridized carbons (Fsp3) is 0.353. The Hall–Kier alpha value is -2.71. The van der Waals surface area contributed by atoms with Gasteiger partial charge in [0.05, 0.1) is 25.6 Å². The van der Waals surface area contributed by atoms with E-state index in [2.05, 4.69) is 15.0 Å². The van der Waals surface area contributed by atoms with E-state index in [0.717, 1.165) is 18.4 Å². The van der Waals surface area contributed by atoms with Gasteiger partial charge >= 0.3 is 0 Å². The van der Waals surface area contributed by atoms with Crippen LogP contribution in [0.1, 0.15) is 24.6 Å². The number of rotatable bonds is 5. The van der Waals surface area contributed by atoms with Crippen molar-refractivity contribution < 1.29 is 9.47 Å². The molecule has 3 aromatic rings. The number of hydrogen-bond acceptors (Lipinski definition) is 6. The van der Waals surface area contributed by atoms with Crippen LogP contribution in [0.15, 0.2) is 41.5 Å². The molecule has 1 aliphatic rings. The van der Waals surface area contributed by atoms with Crippen LogP contribution >= 0.6 is 0 Å². The van der Waals surface area contributed by atoms with E-state index in [9.17, 15) is 4.79 Å². The van der Waals surface area contributed by atoms with Crippen molar-refractivity contribution in [2.45, 2.75) is 31.8 Å². The smallest absolute Gasteiger partial charge is 0.280 e. The van der Waals surface area contributed by atoms with Gasteiger partial charge in [0.15, 0.2) is 11.2 Å². The first-order chi connectivity index (χ1) is 12.2.